The molecule has 0 radical (unpaired) electrons. The monoisotopic (exact) mass is 427 g/mol. The molecule has 2 heterocycles. The molecule has 1 saturated carbocycles. The van der Waals surface area contributed by atoms with Crippen molar-refractivity contribution in [3.05, 3.63) is 29.8 Å². The predicted octanol–water partition coefficient (Wildman–Crippen LogP) is 2.56. The molecular formula is C24H37N5O2. The minimum absolute atomic E-state index is 0.0834. The highest BCUT2D eigenvalue weighted by Gasteiger charge is 2.34. The zero-order chi connectivity index (χ0) is 21.5. The van der Waals surface area contributed by atoms with E-state index in [0.717, 1.165) is 51.0 Å². The Morgan fingerprint density at radius 1 is 1.19 bits per heavy atom. The summed E-state index contributed by atoms with van der Waals surface area (Å²) in [5, 5.41) is 10.1. The summed E-state index contributed by atoms with van der Waals surface area (Å²) in [5.41, 5.74) is 2.42. The van der Waals surface area contributed by atoms with Crippen molar-refractivity contribution in [2.24, 2.45) is 10.4 Å². The van der Waals surface area contributed by atoms with Gasteiger partial charge in [-0.25, -0.2) is 0 Å². The molecular weight excluding hydrogens is 390 g/mol. The standard InChI is InChI=1S/C24H37N5O2/c1-25-23(26-16-19-15-22(30)28-21-8-4-3-7-20(19)21)27-17-24(9-5-2-6-10-24)18-29-11-13-31-14-12-29/h3-4,7-8,19H,2,5-6,9-18H2,1H3,(H,28,30)(H2,25,26,27). The largest absolute Gasteiger partial charge is 0.379 e. The number of para-hydroxylation sites is 1. The number of amides is 1. The fourth-order valence-corrected chi connectivity index (χ4v) is 5.32. The zero-order valence-electron chi connectivity index (χ0n) is 18.8. The lowest BCUT2D eigenvalue weighted by Gasteiger charge is -2.42. The van der Waals surface area contributed by atoms with Crippen molar-refractivity contribution >= 4 is 17.6 Å². The van der Waals surface area contributed by atoms with Gasteiger partial charge in [0.2, 0.25) is 5.91 Å². The first-order chi connectivity index (χ1) is 15.2. The average Bonchev–Trinajstić information content (AvgIpc) is 2.80. The quantitative estimate of drug-likeness (QED) is 0.480. The minimum Gasteiger partial charge on any atom is -0.379 e. The fourth-order valence-electron chi connectivity index (χ4n) is 5.32. The smallest absolute Gasteiger partial charge is 0.225 e. The number of benzene rings is 1. The number of fused-ring (bicyclic) bond motifs is 1. The van der Waals surface area contributed by atoms with E-state index in [4.69, 9.17) is 4.74 Å². The third-order valence-electron chi connectivity index (χ3n) is 7.05. The SMILES string of the molecule is CN=C(NCC1CC(=O)Nc2ccccc21)NCC1(CN2CCOCC2)CCCCC1. The maximum atomic E-state index is 12.1. The Morgan fingerprint density at radius 2 is 1.97 bits per heavy atom. The molecule has 2 fully saturated rings. The summed E-state index contributed by atoms with van der Waals surface area (Å²) in [6, 6.07) is 8.09. The highest BCUT2D eigenvalue weighted by atomic mass is 16.5. The summed E-state index contributed by atoms with van der Waals surface area (Å²) in [4.78, 5) is 19.2. The number of hydrogen-bond acceptors (Lipinski definition) is 4. The number of nitrogens with one attached hydrogen (secondary N) is 3. The molecule has 7 heteroatoms. The molecule has 0 aromatic heterocycles. The van der Waals surface area contributed by atoms with Crippen LogP contribution in [0.2, 0.25) is 0 Å². The van der Waals surface area contributed by atoms with Gasteiger partial charge in [0.05, 0.1) is 13.2 Å². The highest BCUT2D eigenvalue weighted by Crippen LogP contribution is 2.37. The molecule has 2 aliphatic heterocycles. The molecule has 7 nitrogen and oxygen atoms in total. The predicted molar refractivity (Wildman–Crippen MR) is 125 cm³/mol. The fraction of sp³-hybridized carbons (Fsp3) is 0.667. The van der Waals surface area contributed by atoms with Crippen LogP contribution >= 0.6 is 0 Å². The van der Waals surface area contributed by atoms with Crippen molar-refractivity contribution in [3.63, 3.8) is 0 Å². The van der Waals surface area contributed by atoms with Crippen molar-refractivity contribution in [2.45, 2.75) is 44.4 Å². The number of guanidine groups is 1. The van der Waals surface area contributed by atoms with E-state index in [2.05, 4.69) is 31.9 Å². The third kappa shape index (κ3) is 5.77. The number of anilines is 1. The maximum absolute atomic E-state index is 12.1. The number of morpholine rings is 1. The summed E-state index contributed by atoms with van der Waals surface area (Å²) >= 11 is 0. The molecule has 1 aromatic rings. The molecule has 1 saturated heterocycles. The molecule has 1 atom stereocenters. The first kappa shape index (κ1) is 22.1. The first-order valence-corrected chi connectivity index (χ1v) is 11.8. The van der Waals surface area contributed by atoms with Crippen LogP contribution in [-0.2, 0) is 9.53 Å². The van der Waals surface area contributed by atoms with Crippen molar-refractivity contribution in [2.75, 3.05) is 58.3 Å². The molecule has 1 amide bonds. The third-order valence-corrected chi connectivity index (χ3v) is 7.05. The average molecular weight is 428 g/mol. The van der Waals surface area contributed by atoms with Gasteiger partial charge in [0.15, 0.2) is 5.96 Å². The van der Waals surface area contributed by atoms with Gasteiger partial charge in [0.1, 0.15) is 0 Å². The lowest BCUT2D eigenvalue weighted by molar-refractivity contribution is -0.116. The van der Waals surface area contributed by atoms with E-state index >= 15 is 0 Å². The van der Waals surface area contributed by atoms with Crippen molar-refractivity contribution in [1.29, 1.82) is 0 Å². The van der Waals surface area contributed by atoms with Crippen LogP contribution in [0.5, 0.6) is 0 Å². The van der Waals surface area contributed by atoms with E-state index in [1.54, 1.807) is 0 Å². The number of hydrogen-bond donors (Lipinski definition) is 3. The number of carbonyl (C=O) groups excluding carboxylic acids is 1. The molecule has 31 heavy (non-hydrogen) atoms. The Morgan fingerprint density at radius 3 is 2.74 bits per heavy atom. The summed E-state index contributed by atoms with van der Waals surface area (Å²) in [7, 11) is 1.83. The second-order valence-electron chi connectivity index (χ2n) is 9.29. The van der Waals surface area contributed by atoms with Crippen molar-refractivity contribution in [1.82, 2.24) is 15.5 Å². The summed E-state index contributed by atoms with van der Waals surface area (Å²) in [5.74, 6) is 1.07. The van der Waals surface area contributed by atoms with Crippen molar-refractivity contribution in [3.8, 4) is 0 Å². The Bertz CT molecular complexity index is 769. The molecule has 3 aliphatic rings. The Balaban J connectivity index is 1.34. The minimum atomic E-state index is 0.0834. The van der Waals surface area contributed by atoms with Gasteiger partial charge in [0, 0.05) is 63.2 Å². The summed E-state index contributed by atoms with van der Waals surface area (Å²) < 4.78 is 5.54. The normalized spacial score (nSPS) is 24.2. The van der Waals surface area contributed by atoms with Crippen LogP contribution in [-0.4, -0.2) is 69.8 Å². The van der Waals surface area contributed by atoms with Gasteiger partial charge in [-0.2, -0.15) is 0 Å². The Labute approximate surface area is 186 Å². The van der Waals surface area contributed by atoms with Gasteiger partial charge in [-0.1, -0.05) is 37.5 Å². The number of rotatable bonds is 6. The van der Waals surface area contributed by atoms with Crippen LogP contribution < -0.4 is 16.0 Å². The second-order valence-corrected chi connectivity index (χ2v) is 9.29. The molecule has 0 bridgehead atoms. The lowest BCUT2D eigenvalue weighted by Crippen LogP contribution is -2.51. The topological polar surface area (TPSA) is 78.0 Å². The molecule has 3 N–H and O–H groups in total. The van der Waals surface area contributed by atoms with Gasteiger partial charge in [0.25, 0.3) is 0 Å². The van der Waals surface area contributed by atoms with Gasteiger partial charge in [-0.15, -0.1) is 0 Å². The van der Waals surface area contributed by atoms with E-state index in [1.165, 1.54) is 37.7 Å². The number of nitrogens with zero attached hydrogens (tertiary/aromatic N) is 2. The summed E-state index contributed by atoms with van der Waals surface area (Å²) in [6.45, 7) is 6.55. The molecule has 1 aromatic carbocycles. The van der Waals surface area contributed by atoms with Gasteiger partial charge < -0.3 is 20.7 Å². The van der Waals surface area contributed by atoms with Gasteiger partial charge >= 0.3 is 0 Å². The number of aliphatic imine (C=N–C) groups is 1. The summed E-state index contributed by atoms with van der Waals surface area (Å²) in [6.07, 6.45) is 7.01. The molecule has 1 unspecified atom stereocenters. The Kier molecular flexibility index (Phi) is 7.45. The maximum Gasteiger partial charge on any atom is 0.225 e. The van der Waals surface area contributed by atoms with Crippen LogP contribution in [0.3, 0.4) is 0 Å². The molecule has 4 rings (SSSR count). The first-order valence-electron chi connectivity index (χ1n) is 11.8. The molecule has 170 valence electrons. The molecule has 0 spiro atoms. The lowest BCUT2D eigenvalue weighted by atomic mass is 9.73. The van der Waals surface area contributed by atoms with Gasteiger partial charge in [-0.3, -0.25) is 14.7 Å². The van der Waals surface area contributed by atoms with E-state index in [0.29, 0.717) is 18.4 Å². The van der Waals surface area contributed by atoms with Crippen LogP contribution in [0, 0.1) is 5.41 Å². The van der Waals surface area contributed by atoms with Crippen LogP contribution in [0.25, 0.3) is 0 Å². The van der Waals surface area contributed by atoms with Crippen molar-refractivity contribution < 1.29 is 9.53 Å². The van der Waals surface area contributed by atoms with Gasteiger partial charge in [-0.05, 0) is 24.5 Å². The second kappa shape index (κ2) is 10.5. The van der Waals surface area contributed by atoms with E-state index in [1.807, 2.05) is 25.2 Å². The van der Waals surface area contributed by atoms with Crippen LogP contribution in [0.4, 0.5) is 5.69 Å². The van der Waals surface area contributed by atoms with Crippen LogP contribution in [0.15, 0.2) is 29.3 Å². The highest BCUT2D eigenvalue weighted by molar-refractivity contribution is 5.94. The molecule has 1 aliphatic carbocycles. The van der Waals surface area contributed by atoms with E-state index < -0.39 is 0 Å². The number of carbonyl (C=O) groups is 1. The van der Waals surface area contributed by atoms with E-state index in [-0.39, 0.29) is 11.8 Å². The Hall–Kier alpha value is -2.12. The van der Waals surface area contributed by atoms with E-state index in [9.17, 15) is 4.79 Å². The van der Waals surface area contributed by atoms with Crippen LogP contribution in [0.1, 0.15) is 50.0 Å². The zero-order valence-corrected chi connectivity index (χ0v) is 18.8. The number of ether oxygens (including phenoxy) is 1.